The van der Waals surface area contributed by atoms with Gasteiger partial charge < -0.3 is 10.2 Å². The number of pyridine rings is 1. The first kappa shape index (κ1) is 15.8. The molecule has 21 heavy (non-hydrogen) atoms. The maximum atomic E-state index is 12.8. The van der Waals surface area contributed by atoms with Gasteiger partial charge in [-0.05, 0) is 38.3 Å². The van der Waals surface area contributed by atoms with E-state index in [9.17, 15) is 4.79 Å². The predicted octanol–water partition coefficient (Wildman–Crippen LogP) is 3.48. The minimum Gasteiger partial charge on any atom is -0.370 e. The zero-order valence-electron chi connectivity index (χ0n) is 13.3. The molecule has 0 aliphatic carbocycles. The lowest BCUT2D eigenvalue weighted by molar-refractivity contribution is 0.0742. The van der Waals surface area contributed by atoms with E-state index in [1.807, 2.05) is 24.0 Å². The van der Waals surface area contributed by atoms with E-state index in [0.717, 1.165) is 56.0 Å². The number of nitrogens with zero attached hydrogens (tertiary/aromatic N) is 2. The summed E-state index contributed by atoms with van der Waals surface area (Å²) in [5.41, 5.74) is 1.75. The molecule has 116 valence electrons. The molecule has 4 nitrogen and oxygen atoms in total. The van der Waals surface area contributed by atoms with E-state index >= 15 is 0 Å². The Balaban J connectivity index is 2.17. The highest BCUT2D eigenvalue weighted by molar-refractivity contribution is 5.95. The Bertz CT molecular complexity index is 465. The summed E-state index contributed by atoms with van der Waals surface area (Å²) in [5.74, 6) is 0.973. The molecule has 1 aromatic rings. The lowest BCUT2D eigenvalue weighted by Gasteiger charge is -2.25. The summed E-state index contributed by atoms with van der Waals surface area (Å²) in [6, 6.07) is 3.84. The van der Waals surface area contributed by atoms with Crippen molar-refractivity contribution in [3.8, 4) is 0 Å². The van der Waals surface area contributed by atoms with Gasteiger partial charge in [-0.3, -0.25) is 4.79 Å². The number of aromatic nitrogens is 1. The second-order valence-corrected chi connectivity index (χ2v) is 5.68. The number of rotatable bonds is 4. The van der Waals surface area contributed by atoms with Gasteiger partial charge in [-0.25, -0.2) is 4.98 Å². The average Bonchev–Trinajstić information content (AvgIpc) is 2.46. The minimum atomic E-state index is 0.160. The highest BCUT2D eigenvalue weighted by atomic mass is 16.2. The second kappa shape index (κ2) is 8.01. The maximum Gasteiger partial charge on any atom is 0.254 e. The van der Waals surface area contributed by atoms with Gasteiger partial charge in [0.2, 0.25) is 0 Å². The van der Waals surface area contributed by atoms with Crippen molar-refractivity contribution in [2.75, 3.05) is 25.0 Å². The van der Waals surface area contributed by atoms with E-state index in [4.69, 9.17) is 0 Å². The topological polar surface area (TPSA) is 45.2 Å². The van der Waals surface area contributed by atoms with Gasteiger partial charge in [0.05, 0.1) is 0 Å². The molecule has 0 saturated carbocycles. The van der Waals surface area contributed by atoms with Crippen molar-refractivity contribution in [3.63, 3.8) is 0 Å². The average molecular weight is 289 g/mol. The van der Waals surface area contributed by atoms with E-state index in [2.05, 4.69) is 17.2 Å². The van der Waals surface area contributed by atoms with Gasteiger partial charge >= 0.3 is 0 Å². The molecule has 0 bridgehead atoms. The van der Waals surface area contributed by atoms with Crippen molar-refractivity contribution < 1.29 is 4.79 Å². The molecule has 1 amide bonds. The van der Waals surface area contributed by atoms with Crippen molar-refractivity contribution in [1.82, 2.24) is 9.88 Å². The second-order valence-electron chi connectivity index (χ2n) is 5.68. The highest BCUT2D eigenvalue weighted by Crippen LogP contribution is 2.17. The molecule has 0 spiro atoms. The molecule has 0 unspecified atom stereocenters. The van der Waals surface area contributed by atoms with Crippen LogP contribution in [-0.2, 0) is 6.42 Å². The summed E-state index contributed by atoms with van der Waals surface area (Å²) in [6.45, 7) is 6.71. The van der Waals surface area contributed by atoms with Crippen LogP contribution in [0.15, 0.2) is 12.1 Å². The molecule has 0 radical (unpaired) electrons. The van der Waals surface area contributed by atoms with Crippen molar-refractivity contribution >= 4 is 11.7 Å². The number of likely N-dealkylation sites (tertiary alicyclic amines) is 1. The van der Waals surface area contributed by atoms with Crippen LogP contribution in [0.4, 0.5) is 5.82 Å². The van der Waals surface area contributed by atoms with E-state index in [0.29, 0.717) is 0 Å². The number of amides is 1. The Kier molecular flexibility index (Phi) is 6.03. The molecule has 0 atom stereocenters. The molecule has 2 rings (SSSR count). The Labute approximate surface area is 127 Å². The third-order valence-electron chi connectivity index (χ3n) is 3.99. The molecule has 1 N–H and O–H groups in total. The van der Waals surface area contributed by atoms with Gasteiger partial charge in [0.25, 0.3) is 5.91 Å². The van der Waals surface area contributed by atoms with Gasteiger partial charge in [0, 0.05) is 30.9 Å². The van der Waals surface area contributed by atoms with Crippen molar-refractivity contribution in [2.45, 2.75) is 52.4 Å². The number of anilines is 1. The number of nitrogens with one attached hydrogen (secondary N) is 1. The van der Waals surface area contributed by atoms with Crippen LogP contribution in [0.5, 0.6) is 0 Å². The molecule has 1 aliphatic heterocycles. The van der Waals surface area contributed by atoms with E-state index in [1.54, 1.807) is 0 Å². The molecule has 2 heterocycles. The lowest BCUT2D eigenvalue weighted by atomic mass is 10.1. The summed E-state index contributed by atoms with van der Waals surface area (Å²) in [5, 5.41) is 3.22. The van der Waals surface area contributed by atoms with Crippen molar-refractivity contribution in [1.29, 1.82) is 0 Å². The largest absolute Gasteiger partial charge is 0.370 e. The fourth-order valence-corrected chi connectivity index (χ4v) is 2.80. The molecule has 1 saturated heterocycles. The van der Waals surface area contributed by atoms with Gasteiger partial charge in [0.1, 0.15) is 5.82 Å². The molecule has 1 fully saturated rings. The number of aryl methyl sites for hydroxylation is 1. The Morgan fingerprint density at radius 3 is 2.43 bits per heavy atom. The van der Waals surface area contributed by atoms with Crippen LogP contribution in [0, 0.1) is 0 Å². The summed E-state index contributed by atoms with van der Waals surface area (Å²) in [6.07, 6.45) is 6.88. The van der Waals surface area contributed by atoms with Crippen LogP contribution < -0.4 is 5.32 Å². The zero-order valence-corrected chi connectivity index (χ0v) is 13.3. The lowest BCUT2D eigenvalue weighted by Crippen LogP contribution is -2.34. The summed E-state index contributed by atoms with van der Waals surface area (Å²) in [4.78, 5) is 19.3. The molecule has 1 aliphatic rings. The van der Waals surface area contributed by atoms with Crippen LogP contribution in [0.2, 0.25) is 0 Å². The SMILES string of the molecule is CCNc1cc(C(=O)N2CCCCCCC2)cc(CC)n1. The van der Waals surface area contributed by atoms with Crippen LogP contribution in [0.25, 0.3) is 0 Å². The standard InChI is InChI=1S/C17H27N3O/c1-3-15-12-14(13-16(19-15)18-4-2)17(21)20-10-8-6-5-7-9-11-20/h12-13H,3-11H2,1-2H3,(H,18,19). The number of hydrogen-bond donors (Lipinski definition) is 1. The van der Waals surface area contributed by atoms with Crippen molar-refractivity contribution in [2.24, 2.45) is 0 Å². The molecular formula is C17H27N3O. The third kappa shape index (κ3) is 4.45. The summed E-state index contributed by atoms with van der Waals surface area (Å²) in [7, 11) is 0. The first-order chi connectivity index (χ1) is 10.2. The van der Waals surface area contributed by atoms with Gasteiger partial charge in [-0.1, -0.05) is 26.2 Å². The fraction of sp³-hybridized carbons (Fsp3) is 0.647. The van der Waals surface area contributed by atoms with E-state index in [-0.39, 0.29) is 5.91 Å². The van der Waals surface area contributed by atoms with Gasteiger partial charge in [-0.2, -0.15) is 0 Å². The first-order valence-corrected chi connectivity index (χ1v) is 8.28. The molecule has 4 heteroatoms. The minimum absolute atomic E-state index is 0.160. The fourth-order valence-electron chi connectivity index (χ4n) is 2.80. The van der Waals surface area contributed by atoms with Crippen LogP contribution in [0.3, 0.4) is 0 Å². The Morgan fingerprint density at radius 1 is 1.14 bits per heavy atom. The summed E-state index contributed by atoms with van der Waals surface area (Å²) >= 11 is 0. The van der Waals surface area contributed by atoms with Crippen LogP contribution in [0.1, 0.15) is 62.0 Å². The quantitative estimate of drug-likeness (QED) is 0.923. The molecule has 0 aromatic carbocycles. The smallest absolute Gasteiger partial charge is 0.254 e. The van der Waals surface area contributed by atoms with Crippen molar-refractivity contribution in [3.05, 3.63) is 23.4 Å². The summed E-state index contributed by atoms with van der Waals surface area (Å²) < 4.78 is 0. The Hall–Kier alpha value is -1.58. The number of carbonyl (C=O) groups is 1. The molecule has 1 aromatic heterocycles. The number of hydrogen-bond acceptors (Lipinski definition) is 3. The molecular weight excluding hydrogens is 262 g/mol. The predicted molar refractivity (Wildman–Crippen MR) is 86.8 cm³/mol. The maximum absolute atomic E-state index is 12.8. The van der Waals surface area contributed by atoms with E-state index < -0.39 is 0 Å². The monoisotopic (exact) mass is 289 g/mol. The van der Waals surface area contributed by atoms with Crippen LogP contribution in [-0.4, -0.2) is 35.4 Å². The first-order valence-electron chi connectivity index (χ1n) is 8.28. The zero-order chi connectivity index (χ0) is 15.1. The van der Waals surface area contributed by atoms with Crippen LogP contribution >= 0.6 is 0 Å². The normalized spacial score (nSPS) is 16.2. The van der Waals surface area contributed by atoms with E-state index in [1.165, 1.54) is 19.3 Å². The Morgan fingerprint density at radius 2 is 1.81 bits per heavy atom. The van der Waals surface area contributed by atoms with Gasteiger partial charge in [-0.15, -0.1) is 0 Å². The third-order valence-corrected chi connectivity index (χ3v) is 3.99. The van der Waals surface area contributed by atoms with Gasteiger partial charge in [0.15, 0.2) is 0 Å². The highest BCUT2D eigenvalue weighted by Gasteiger charge is 2.18. The number of carbonyl (C=O) groups excluding carboxylic acids is 1.